The van der Waals surface area contributed by atoms with Crippen LogP contribution in [0.1, 0.15) is 0 Å². The van der Waals surface area contributed by atoms with Gasteiger partial charge in [-0.15, -0.1) is 0 Å². The Kier molecular flexibility index (Phi) is 6.21. The topological polar surface area (TPSA) is 57.2 Å². The van der Waals surface area contributed by atoms with Crippen LogP contribution in [0.25, 0.3) is 0 Å². The summed E-state index contributed by atoms with van der Waals surface area (Å²) in [4.78, 5) is 0. The first kappa shape index (κ1) is 13.6. The molecule has 5 heteroatoms. The van der Waals surface area contributed by atoms with Crippen molar-refractivity contribution in [3.63, 3.8) is 0 Å². The first-order valence-electron chi connectivity index (χ1n) is 5.34. The van der Waals surface area contributed by atoms with Crippen LogP contribution in [0.3, 0.4) is 0 Å². The van der Waals surface area contributed by atoms with Gasteiger partial charge in [0, 0.05) is 18.2 Å². The van der Waals surface area contributed by atoms with Gasteiger partial charge in [0.05, 0.1) is 34.0 Å². The minimum Gasteiger partial charge on any atom is -0.496 e. The third-order valence-electron chi connectivity index (χ3n) is 2.06. The van der Waals surface area contributed by atoms with Crippen molar-refractivity contribution in [2.24, 2.45) is 0 Å². The van der Waals surface area contributed by atoms with Gasteiger partial charge in [-0.1, -0.05) is 0 Å². The van der Waals surface area contributed by atoms with Gasteiger partial charge in [-0.3, -0.25) is 0 Å². The molecular formula is C12H18O5. The molecule has 0 aliphatic carbocycles. The van der Waals surface area contributed by atoms with Crippen molar-refractivity contribution in [1.82, 2.24) is 0 Å². The van der Waals surface area contributed by atoms with Crippen LogP contribution in [-0.4, -0.2) is 45.8 Å². The fourth-order valence-electron chi connectivity index (χ4n) is 1.25. The van der Waals surface area contributed by atoms with Crippen LogP contribution in [0.5, 0.6) is 17.2 Å². The average molecular weight is 242 g/mol. The van der Waals surface area contributed by atoms with E-state index < -0.39 is 0 Å². The van der Waals surface area contributed by atoms with Crippen LogP contribution < -0.4 is 14.2 Å². The summed E-state index contributed by atoms with van der Waals surface area (Å²) in [5.41, 5.74) is 0. The van der Waals surface area contributed by atoms with Crippen molar-refractivity contribution < 1.29 is 24.1 Å². The predicted octanol–water partition coefficient (Wildman–Crippen LogP) is 1.09. The lowest BCUT2D eigenvalue weighted by Crippen LogP contribution is -2.09. The van der Waals surface area contributed by atoms with Crippen LogP contribution in [0.15, 0.2) is 18.2 Å². The molecule has 0 fully saturated rings. The summed E-state index contributed by atoms with van der Waals surface area (Å²) in [6, 6.07) is 5.32. The number of hydrogen-bond donors (Lipinski definition) is 1. The van der Waals surface area contributed by atoms with Crippen molar-refractivity contribution in [1.29, 1.82) is 0 Å². The Morgan fingerprint density at radius 2 is 1.47 bits per heavy atom. The van der Waals surface area contributed by atoms with Crippen molar-refractivity contribution in [2.75, 3.05) is 40.6 Å². The fourth-order valence-corrected chi connectivity index (χ4v) is 1.25. The maximum absolute atomic E-state index is 8.52. The number of methoxy groups -OCH3 is 2. The Labute approximate surface area is 101 Å². The van der Waals surface area contributed by atoms with E-state index >= 15 is 0 Å². The summed E-state index contributed by atoms with van der Waals surface area (Å²) in [6.45, 7) is 1.19. The van der Waals surface area contributed by atoms with E-state index in [4.69, 9.17) is 24.1 Å². The molecule has 0 aliphatic rings. The highest BCUT2D eigenvalue weighted by Gasteiger charge is 2.02. The second-order valence-electron chi connectivity index (χ2n) is 3.23. The molecule has 96 valence electrons. The first-order chi connectivity index (χ1) is 8.30. The molecule has 0 unspecified atom stereocenters. The molecule has 0 aliphatic heterocycles. The maximum Gasteiger partial charge on any atom is 0.126 e. The van der Waals surface area contributed by atoms with Gasteiger partial charge in [-0.05, 0) is 0 Å². The van der Waals surface area contributed by atoms with E-state index in [9.17, 15) is 0 Å². The van der Waals surface area contributed by atoms with Gasteiger partial charge < -0.3 is 24.1 Å². The maximum atomic E-state index is 8.52. The van der Waals surface area contributed by atoms with Gasteiger partial charge >= 0.3 is 0 Å². The monoisotopic (exact) mass is 242 g/mol. The van der Waals surface area contributed by atoms with Crippen LogP contribution in [0, 0.1) is 0 Å². The van der Waals surface area contributed by atoms with Gasteiger partial charge in [0.1, 0.15) is 23.9 Å². The molecule has 0 saturated carbocycles. The lowest BCUT2D eigenvalue weighted by molar-refractivity contribution is 0.0704. The van der Waals surface area contributed by atoms with E-state index in [0.717, 1.165) is 0 Å². The smallest absolute Gasteiger partial charge is 0.126 e. The Morgan fingerprint density at radius 3 is 2.00 bits per heavy atom. The zero-order chi connectivity index (χ0) is 12.5. The van der Waals surface area contributed by atoms with Crippen molar-refractivity contribution in [3.05, 3.63) is 18.2 Å². The van der Waals surface area contributed by atoms with E-state index in [1.165, 1.54) is 0 Å². The van der Waals surface area contributed by atoms with Crippen LogP contribution in [-0.2, 0) is 4.74 Å². The van der Waals surface area contributed by atoms with Crippen LogP contribution in [0.4, 0.5) is 0 Å². The summed E-state index contributed by atoms with van der Waals surface area (Å²) in [5, 5.41) is 8.52. The first-order valence-corrected chi connectivity index (χ1v) is 5.34. The fraction of sp³-hybridized carbons (Fsp3) is 0.500. The Hall–Kier alpha value is -1.46. The quantitative estimate of drug-likeness (QED) is 0.692. The Morgan fingerprint density at radius 1 is 0.882 bits per heavy atom. The molecular weight excluding hydrogens is 224 g/mol. The number of aliphatic hydroxyl groups excluding tert-OH is 1. The molecule has 0 atom stereocenters. The molecule has 0 aromatic heterocycles. The molecule has 0 amide bonds. The van der Waals surface area contributed by atoms with Gasteiger partial charge in [0.25, 0.3) is 0 Å². The van der Waals surface area contributed by atoms with Crippen molar-refractivity contribution in [2.45, 2.75) is 0 Å². The summed E-state index contributed by atoms with van der Waals surface area (Å²) >= 11 is 0. The zero-order valence-electron chi connectivity index (χ0n) is 10.1. The highest BCUT2D eigenvalue weighted by Crippen LogP contribution is 2.27. The molecule has 5 nitrogen and oxygen atoms in total. The number of rotatable bonds is 8. The zero-order valence-corrected chi connectivity index (χ0v) is 10.1. The molecule has 1 aromatic carbocycles. The molecule has 1 rings (SSSR count). The molecule has 0 saturated heterocycles. The second kappa shape index (κ2) is 7.76. The standard InChI is InChI=1S/C12H18O5/c1-14-10-7-11(15-2)9-12(8-10)17-6-5-16-4-3-13/h7-9,13H,3-6H2,1-2H3. The van der Waals surface area contributed by atoms with E-state index in [1.807, 2.05) is 0 Å². The molecule has 0 heterocycles. The normalized spacial score (nSPS) is 10.1. The molecule has 1 aromatic rings. The van der Waals surface area contributed by atoms with E-state index in [1.54, 1.807) is 32.4 Å². The van der Waals surface area contributed by atoms with E-state index in [2.05, 4.69) is 0 Å². The molecule has 1 N–H and O–H groups in total. The minimum absolute atomic E-state index is 0.0208. The third kappa shape index (κ3) is 4.93. The number of aliphatic hydroxyl groups is 1. The third-order valence-corrected chi connectivity index (χ3v) is 2.06. The van der Waals surface area contributed by atoms with Gasteiger partial charge in [0.15, 0.2) is 0 Å². The van der Waals surface area contributed by atoms with Crippen LogP contribution in [0.2, 0.25) is 0 Å². The number of ether oxygens (including phenoxy) is 4. The van der Waals surface area contributed by atoms with Crippen LogP contribution >= 0.6 is 0 Å². The van der Waals surface area contributed by atoms with Gasteiger partial charge in [-0.2, -0.15) is 0 Å². The Bertz CT molecular complexity index is 304. The molecule has 0 radical (unpaired) electrons. The lowest BCUT2D eigenvalue weighted by Gasteiger charge is -2.10. The highest BCUT2D eigenvalue weighted by molar-refractivity contribution is 5.41. The largest absolute Gasteiger partial charge is 0.496 e. The minimum atomic E-state index is 0.0208. The van der Waals surface area contributed by atoms with Gasteiger partial charge in [-0.25, -0.2) is 0 Å². The number of benzene rings is 1. The van der Waals surface area contributed by atoms with E-state index in [-0.39, 0.29) is 6.61 Å². The average Bonchev–Trinajstić information content (AvgIpc) is 2.38. The summed E-state index contributed by atoms with van der Waals surface area (Å²) in [5.74, 6) is 2.01. The second-order valence-corrected chi connectivity index (χ2v) is 3.23. The summed E-state index contributed by atoms with van der Waals surface area (Å²) < 4.78 is 20.8. The predicted molar refractivity (Wildman–Crippen MR) is 62.9 cm³/mol. The van der Waals surface area contributed by atoms with E-state index in [0.29, 0.717) is 37.1 Å². The highest BCUT2D eigenvalue weighted by atomic mass is 16.5. The Balaban J connectivity index is 2.46. The number of hydrogen-bond acceptors (Lipinski definition) is 5. The van der Waals surface area contributed by atoms with Crippen molar-refractivity contribution in [3.8, 4) is 17.2 Å². The molecule has 17 heavy (non-hydrogen) atoms. The SMILES string of the molecule is COc1cc(OC)cc(OCCOCCO)c1. The summed E-state index contributed by atoms with van der Waals surface area (Å²) in [7, 11) is 3.17. The molecule has 0 bridgehead atoms. The van der Waals surface area contributed by atoms with Crippen molar-refractivity contribution >= 4 is 0 Å². The van der Waals surface area contributed by atoms with Gasteiger partial charge in [0.2, 0.25) is 0 Å². The molecule has 0 spiro atoms. The lowest BCUT2D eigenvalue weighted by atomic mass is 10.3. The summed E-state index contributed by atoms with van der Waals surface area (Å²) in [6.07, 6.45) is 0.